The first-order chi connectivity index (χ1) is 12.1. The highest BCUT2D eigenvalue weighted by Gasteiger charge is 2.24. The van der Waals surface area contributed by atoms with Gasteiger partial charge >= 0.3 is 0 Å². The summed E-state index contributed by atoms with van der Waals surface area (Å²) in [7, 11) is 1.65. The smallest absolute Gasteiger partial charge is 0.254 e. The maximum Gasteiger partial charge on any atom is 0.254 e. The van der Waals surface area contributed by atoms with Crippen LogP contribution in [0.1, 0.15) is 27.0 Å². The summed E-state index contributed by atoms with van der Waals surface area (Å²) < 4.78 is 5.22. The average Bonchev–Trinajstić information content (AvgIpc) is 2.62. The monoisotopic (exact) mass is 339 g/mol. The van der Waals surface area contributed by atoms with Gasteiger partial charge in [-0.1, -0.05) is 24.3 Å². The Morgan fingerprint density at radius 1 is 1.16 bits per heavy atom. The fourth-order valence-corrected chi connectivity index (χ4v) is 3.34. The number of rotatable bonds is 4. The largest absolute Gasteiger partial charge is 0.380 e. The second kappa shape index (κ2) is 7.66. The molecule has 0 atom stereocenters. The van der Waals surface area contributed by atoms with Crippen LogP contribution in [0.3, 0.4) is 0 Å². The molecule has 0 N–H and O–H groups in total. The lowest BCUT2D eigenvalue weighted by Crippen LogP contribution is -2.49. The van der Waals surface area contributed by atoms with Crippen molar-refractivity contribution in [3.8, 4) is 0 Å². The number of piperazine rings is 1. The molecule has 3 rings (SSSR count). The summed E-state index contributed by atoms with van der Waals surface area (Å²) in [6.07, 6.45) is 1.90. The van der Waals surface area contributed by atoms with Crippen LogP contribution in [0.4, 0.5) is 5.82 Å². The Morgan fingerprint density at radius 2 is 1.88 bits per heavy atom. The van der Waals surface area contributed by atoms with E-state index in [0.29, 0.717) is 19.7 Å². The Kier molecular flexibility index (Phi) is 5.34. The maximum absolute atomic E-state index is 12.9. The van der Waals surface area contributed by atoms with Crippen molar-refractivity contribution < 1.29 is 9.53 Å². The summed E-state index contributed by atoms with van der Waals surface area (Å²) in [5.74, 6) is 1.11. The number of hydrogen-bond acceptors (Lipinski definition) is 4. The van der Waals surface area contributed by atoms with Crippen molar-refractivity contribution in [1.82, 2.24) is 9.88 Å². The van der Waals surface area contributed by atoms with E-state index < -0.39 is 0 Å². The van der Waals surface area contributed by atoms with Gasteiger partial charge in [0.1, 0.15) is 5.82 Å². The van der Waals surface area contributed by atoms with Crippen LogP contribution < -0.4 is 4.90 Å². The van der Waals surface area contributed by atoms with Gasteiger partial charge in [0.2, 0.25) is 0 Å². The number of pyridine rings is 1. The molecule has 0 radical (unpaired) electrons. The van der Waals surface area contributed by atoms with E-state index in [9.17, 15) is 4.79 Å². The van der Waals surface area contributed by atoms with Crippen LogP contribution in [0.15, 0.2) is 36.5 Å². The van der Waals surface area contributed by atoms with Gasteiger partial charge in [0, 0.05) is 45.0 Å². The summed E-state index contributed by atoms with van der Waals surface area (Å²) in [4.78, 5) is 21.6. The second-order valence-electron chi connectivity index (χ2n) is 6.52. The minimum absolute atomic E-state index is 0.0842. The molecule has 1 amide bonds. The number of ether oxygens (including phenoxy) is 1. The Morgan fingerprint density at radius 3 is 2.56 bits per heavy atom. The van der Waals surface area contributed by atoms with E-state index >= 15 is 0 Å². The number of aromatic nitrogens is 1. The second-order valence-corrected chi connectivity index (χ2v) is 6.52. The summed E-state index contributed by atoms with van der Waals surface area (Å²) in [5.41, 5.74) is 4.03. The predicted octanol–water partition coefficient (Wildman–Crippen LogP) is 2.81. The molecule has 1 aliphatic rings. The van der Waals surface area contributed by atoms with E-state index in [4.69, 9.17) is 4.74 Å². The average molecular weight is 339 g/mol. The molecule has 1 saturated heterocycles. The lowest BCUT2D eigenvalue weighted by Gasteiger charge is -2.36. The first kappa shape index (κ1) is 17.4. The molecule has 1 aromatic carbocycles. The van der Waals surface area contributed by atoms with Gasteiger partial charge < -0.3 is 14.5 Å². The molecule has 0 saturated carbocycles. The molecule has 25 heavy (non-hydrogen) atoms. The van der Waals surface area contributed by atoms with Crippen LogP contribution >= 0.6 is 0 Å². The zero-order valence-electron chi connectivity index (χ0n) is 15.2. The van der Waals surface area contributed by atoms with Crippen molar-refractivity contribution in [2.45, 2.75) is 20.5 Å². The molecule has 0 spiro atoms. The summed E-state index contributed by atoms with van der Waals surface area (Å²) in [6.45, 7) is 7.61. The van der Waals surface area contributed by atoms with E-state index in [1.165, 1.54) is 11.1 Å². The zero-order valence-corrected chi connectivity index (χ0v) is 15.2. The van der Waals surface area contributed by atoms with Gasteiger partial charge in [-0.25, -0.2) is 4.98 Å². The molecule has 0 unspecified atom stereocenters. The number of nitrogens with zero attached hydrogens (tertiary/aromatic N) is 3. The third-order valence-corrected chi connectivity index (χ3v) is 4.60. The van der Waals surface area contributed by atoms with E-state index in [1.54, 1.807) is 7.11 Å². The highest BCUT2D eigenvalue weighted by Crippen LogP contribution is 2.21. The molecular formula is C20H25N3O2. The highest BCUT2D eigenvalue weighted by molar-refractivity contribution is 5.95. The maximum atomic E-state index is 12.9. The van der Waals surface area contributed by atoms with Crippen molar-refractivity contribution in [3.63, 3.8) is 0 Å². The SMILES string of the molecule is COCc1ccccc1C(=O)N1CCN(c2ncc(C)cc2C)CC1. The van der Waals surface area contributed by atoms with Crippen LogP contribution in [0.5, 0.6) is 0 Å². The number of carbonyl (C=O) groups is 1. The molecule has 1 fully saturated rings. The fraction of sp³-hybridized carbons (Fsp3) is 0.400. The first-order valence-corrected chi connectivity index (χ1v) is 8.64. The number of methoxy groups -OCH3 is 1. The van der Waals surface area contributed by atoms with Gasteiger partial charge in [0.25, 0.3) is 5.91 Å². The van der Waals surface area contributed by atoms with Crippen molar-refractivity contribution in [3.05, 3.63) is 58.8 Å². The van der Waals surface area contributed by atoms with Gasteiger partial charge in [0.15, 0.2) is 0 Å². The van der Waals surface area contributed by atoms with Crippen molar-refractivity contribution in [2.75, 3.05) is 38.2 Å². The van der Waals surface area contributed by atoms with Crippen molar-refractivity contribution in [2.24, 2.45) is 0 Å². The normalized spacial score (nSPS) is 14.7. The number of anilines is 1. The summed E-state index contributed by atoms with van der Waals surface area (Å²) >= 11 is 0. The molecule has 0 bridgehead atoms. The van der Waals surface area contributed by atoms with Crippen LogP contribution in [0.2, 0.25) is 0 Å². The van der Waals surface area contributed by atoms with E-state index in [2.05, 4.69) is 29.8 Å². The molecule has 5 heteroatoms. The summed E-state index contributed by atoms with van der Waals surface area (Å²) in [5, 5.41) is 0. The van der Waals surface area contributed by atoms with Gasteiger partial charge in [-0.2, -0.15) is 0 Å². The highest BCUT2D eigenvalue weighted by atomic mass is 16.5. The molecule has 132 valence electrons. The summed E-state index contributed by atoms with van der Waals surface area (Å²) in [6, 6.07) is 9.83. The molecule has 2 heterocycles. The topological polar surface area (TPSA) is 45.7 Å². The molecule has 1 aromatic heterocycles. The third kappa shape index (κ3) is 3.82. The van der Waals surface area contributed by atoms with Gasteiger partial charge in [-0.05, 0) is 36.6 Å². The van der Waals surface area contributed by atoms with E-state index in [-0.39, 0.29) is 5.91 Å². The fourth-order valence-electron chi connectivity index (χ4n) is 3.34. The number of carbonyl (C=O) groups excluding carboxylic acids is 1. The first-order valence-electron chi connectivity index (χ1n) is 8.64. The molecule has 5 nitrogen and oxygen atoms in total. The number of hydrogen-bond donors (Lipinski definition) is 0. The number of benzene rings is 1. The molecule has 2 aromatic rings. The quantitative estimate of drug-likeness (QED) is 0.859. The molecule has 1 aliphatic heterocycles. The van der Waals surface area contributed by atoms with E-state index in [0.717, 1.165) is 30.0 Å². The third-order valence-electron chi connectivity index (χ3n) is 4.60. The Hall–Kier alpha value is -2.40. The molecule has 0 aliphatic carbocycles. The van der Waals surface area contributed by atoms with Gasteiger partial charge in [0.05, 0.1) is 6.61 Å². The van der Waals surface area contributed by atoms with Crippen LogP contribution in [-0.4, -0.2) is 49.1 Å². The Balaban J connectivity index is 1.69. The number of amides is 1. The standard InChI is InChI=1S/C20H25N3O2/c1-15-12-16(2)19(21-13-15)22-8-10-23(11-9-22)20(24)18-7-5-4-6-17(18)14-25-3/h4-7,12-13H,8-11,14H2,1-3H3. The molecular weight excluding hydrogens is 314 g/mol. The Labute approximate surface area is 149 Å². The lowest BCUT2D eigenvalue weighted by atomic mass is 10.1. The van der Waals surface area contributed by atoms with Crippen molar-refractivity contribution >= 4 is 11.7 Å². The number of aryl methyl sites for hydroxylation is 2. The van der Waals surface area contributed by atoms with Crippen LogP contribution in [0, 0.1) is 13.8 Å². The Bertz CT molecular complexity index is 752. The van der Waals surface area contributed by atoms with Crippen molar-refractivity contribution in [1.29, 1.82) is 0 Å². The predicted molar refractivity (Wildman–Crippen MR) is 99.0 cm³/mol. The zero-order chi connectivity index (χ0) is 17.8. The van der Waals surface area contributed by atoms with Crippen LogP contribution in [-0.2, 0) is 11.3 Å². The minimum atomic E-state index is 0.0842. The van der Waals surface area contributed by atoms with Crippen LogP contribution in [0.25, 0.3) is 0 Å². The van der Waals surface area contributed by atoms with Gasteiger partial charge in [-0.15, -0.1) is 0 Å². The van der Waals surface area contributed by atoms with E-state index in [1.807, 2.05) is 35.4 Å². The van der Waals surface area contributed by atoms with Gasteiger partial charge in [-0.3, -0.25) is 4.79 Å². The lowest BCUT2D eigenvalue weighted by molar-refractivity contribution is 0.0741. The minimum Gasteiger partial charge on any atom is -0.380 e.